The number of benzene rings is 1. The van der Waals surface area contributed by atoms with Gasteiger partial charge in [-0.25, -0.2) is 0 Å². The van der Waals surface area contributed by atoms with Gasteiger partial charge in [-0.1, -0.05) is 18.5 Å². The Bertz CT molecular complexity index is 758. The van der Waals surface area contributed by atoms with Crippen LogP contribution >= 0.6 is 11.6 Å². The number of hydrogen-bond acceptors (Lipinski definition) is 4. The minimum atomic E-state index is -0.0322. The summed E-state index contributed by atoms with van der Waals surface area (Å²) < 4.78 is 2.03. The van der Waals surface area contributed by atoms with Crippen molar-refractivity contribution in [3.63, 3.8) is 0 Å². The second kappa shape index (κ2) is 12.0. The molecule has 28 heavy (non-hydrogen) atoms. The Balaban J connectivity index is 1.71. The van der Waals surface area contributed by atoms with Crippen LogP contribution in [0.25, 0.3) is 0 Å². The van der Waals surface area contributed by atoms with Crippen LogP contribution in [-0.2, 0) is 17.8 Å². The van der Waals surface area contributed by atoms with E-state index in [-0.39, 0.29) is 5.91 Å². The van der Waals surface area contributed by atoms with Crippen molar-refractivity contribution in [3.8, 4) is 0 Å². The van der Waals surface area contributed by atoms with E-state index in [1.54, 1.807) is 30.6 Å². The van der Waals surface area contributed by atoms with Crippen LogP contribution in [0.2, 0.25) is 5.02 Å². The number of amides is 1. The molecule has 0 saturated heterocycles. The fourth-order valence-electron chi connectivity index (χ4n) is 2.56. The first kappa shape index (κ1) is 21.7. The van der Waals surface area contributed by atoms with Gasteiger partial charge in [0.25, 0.3) is 0 Å². The average Bonchev–Trinajstić information content (AvgIpc) is 3.14. The zero-order valence-electron chi connectivity index (χ0n) is 16.4. The second-order valence-electron chi connectivity index (χ2n) is 6.14. The topological polar surface area (TPSA) is 96.2 Å². The Kier molecular flexibility index (Phi) is 9.27. The van der Waals surface area contributed by atoms with Gasteiger partial charge >= 0.3 is 0 Å². The van der Waals surface area contributed by atoms with Gasteiger partial charge in [0.15, 0.2) is 5.96 Å². The quantitative estimate of drug-likeness (QED) is 0.320. The van der Waals surface area contributed by atoms with Gasteiger partial charge in [0.2, 0.25) is 5.91 Å². The van der Waals surface area contributed by atoms with Crippen molar-refractivity contribution in [1.82, 2.24) is 25.4 Å². The predicted molar refractivity (Wildman–Crippen MR) is 113 cm³/mol. The van der Waals surface area contributed by atoms with Crippen LogP contribution in [0.1, 0.15) is 32.5 Å². The summed E-state index contributed by atoms with van der Waals surface area (Å²) in [6.07, 6.45) is 3.67. The summed E-state index contributed by atoms with van der Waals surface area (Å²) in [6, 6.07) is 7.06. The third-order valence-corrected chi connectivity index (χ3v) is 4.21. The highest BCUT2D eigenvalue weighted by Crippen LogP contribution is 2.13. The molecule has 0 unspecified atom stereocenters. The van der Waals surface area contributed by atoms with E-state index < -0.39 is 0 Å². The van der Waals surface area contributed by atoms with Gasteiger partial charge in [-0.2, -0.15) is 0 Å². The van der Waals surface area contributed by atoms with Gasteiger partial charge in [0.1, 0.15) is 12.2 Å². The fourth-order valence-corrected chi connectivity index (χ4v) is 2.69. The second-order valence-corrected chi connectivity index (χ2v) is 6.58. The number of aliphatic imine (C=N–C) groups is 1. The van der Waals surface area contributed by atoms with Gasteiger partial charge in [-0.05, 0) is 37.6 Å². The smallest absolute Gasteiger partial charge is 0.224 e. The van der Waals surface area contributed by atoms with Crippen molar-refractivity contribution >= 4 is 29.2 Å². The minimum absolute atomic E-state index is 0.0322. The zero-order chi connectivity index (χ0) is 20.2. The van der Waals surface area contributed by atoms with Gasteiger partial charge in [-0.15, -0.1) is 10.2 Å². The maximum Gasteiger partial charge on any atom is 0.224 e. The van der Waals surface area contributed by atoms with E-state index in [9.17, 15) is 4.79 Å². The lowest BCUT2D eigenvalue weighted by Crippen LogP contribution is -2.39. The molecule has 9 heteroatoms. The first-order valence-corrected chi connectivity index (χ1v) is 9.94. The molecule has 0 radical (unpaired) electrons. The zero-order valence-corrected chi connectivity index (χ0v) is 17.2. The van der Waals surface area contributed by atoms with Crippen molar-refractivity contribution in [2.75, 3.05) is 25.0 Å². The molecule has 0 spiro atoms. The van der Waals surface area contributed by atoms with Crippen molar-refractivity contribution in [3.05, 3.63) is 41.4 Å². The van der Waals surface area contributed by atoms with Gasteiger partial charge in [0, 0.05) is 49.7 Å². The van der Waals surface area contributed by atoms with Crippen LogP contribution in [0, 0.1) is 0 Å². The summed E-state index contributed by atoms with van der Waals surface area (Å²) in [4.78, 5) is 16.5. The van der Waals surface area contributed by atoms with E-state index in [4.69, 9.17) is 11.6 Å². The number of aryl methyl sites for hydroxylation is 1. The van der Waals surface area contributed by atoms with E-state index in [0.717, 1.165) is 37.0 Å². The van der Waals surface area contributed by atoms with Gasteiger partial charge in [-0.3, -0.25) is 9.79 Å². The Morgan fingerprint density at radius 2 is 2.00 bits per heavy atom. The molecule has 8 nitrogen and oxygen atoms in total. The molecule has 1 amide bonds. The number of hydrogen-bond donors (Lipinski definition) is 3. The Morgan fingerprint density at radius 3 is 2.71 bits per heavy atom. The standard InChI is InChI=1S/C19H28ClN7O/c1-3-17-26-24-14-27(17)13-12-23-19(21-4-2)22-11-5-6-18(28)25-16-9-7-15(20)8-10-16/h7-10,14H,3-6,11-13H2,1-2H3,(H,25,28)(H2,21,22,23). The number of guanidine groups is 1. The number of carbonyl (C=O) groups is 1. The Morgan fingerprint density at radius 1 is 1.21 bits per heavy atom. The van der Waals surface area contributed by atoms with E-state index in [2.05, 4.69) is 38.1 Å². The molecule has 3 N–H and O–H groups in total. The molecule has 2 rings (SSSR count). The normalized spacial score (nSPS) is 11.3. The molecule has 2 aromatic rings. The highest BCUT2D eigenvalue weighted by atomic mass is 35.5. The Labute approximate surface area is 170 Å². The molecular formula is C19H28ClN7O. The van der Waals surface area contributed by atoms with Crippen LogP contribution < -0.4 is 16.0 Å². The van der Waals surface area contributed by atoms with Crippen molar-refractivity contribution in [2.45, 2.75) is 39.7 Å². The summed E-state index contributed by atoms with van der Waals surface area (Å²) >= 11 is 5.84. The number of carbonyl (C=O) groups excluding carboxylic acids is 1. The van der Waals surface area contributed by atoms with Crippen LogP contribution in [0.3, 0.4) is 0 Å². The molecule has 1 aromatic heterocycles. The minimum Gasteiger partial charge on any atom is -0.357 e. The third kappa shape index (κ3) is 7.56. The summed E-state index contributed by atoms with van der Waals surface area (Å²) in [7, 11) is 0. The van der Waals surface area contributed by atoms with Crippen LogP contribution in [0.4, 0.5) is 5.69 Å². The Hall–Kier alpha value is -2.61. The van der Waals surface area contributed by atoms with Gasteiger partial charge in [0.05, 0.1) is 0 Å². The maximum absolute atomic E-state index is 12.0. The maximum atomic E-state index is 12.0. The molecule has 0 aliphatic heterocycles. The summed E-state index contributed by atoms with van der Waals surface area (Å²) in [5, 5.41) is 18.0. The number of anilines is 1. The molecule has 0 saturated carbocycles. The first-order valence-electron chi connectivity index (χ1n) is 9.56. The highest BCUT2D eigenvalue weighted by Gasteiger charge is 2.04. The molecule has 0 aliphatic rings. The molecule has 0 aliphatic carbocycles. The highest BCUT2D eigenvalue weighted by molar-refractivity contribution is 6.30. The number of nitrogens with one attached hydrogen (secondary N) is 3. The number of halogens is 1. The lowest BCUT2D eigenvalue weighted by atomic mass is 10.2. The largest absolute Gasteiger partial charge is 0.357 e. The monoisotopic (exact) mass is 405 g/mol. The van der Waals surface area contributed by atoms with Crippen LogP contribution in [0.5, 0.6) is 0 Å². The van der Waals surface area contributed by atoms with E-state index in [0.29, 0.717) is 31.0 Å². The van der Waals surface area contributed by atoms with Crippen molar-refractivity contribution < 1.29 is 4.79 Å². The fraction of sp³-hybridized carbons (Fsp3) is 0.474. The van der Waals surface area contributed by atoms with Crippen LogP contribution in [0.15, 0.2) is 35.6 Å². The SMILES string of the molecule is CCNC(=NCCCC(=O)Nc1ccc(Cl)cc1)NCCn1cnnc1CC. The number of rotatable bonds is 10. The molecule has 1 aromatic carbocycles. The molecular weight excluding hydrogens is 378 g/mol. The van der Waals surface area contributed by atoms with Crippen molar-refractivity contribution in [1.29, 1.82) is 0 Å². The number of nitrogens with zero attached hydrogens (tertiary/aromatic N) is 4. The molecule has 1 heterocycles. The lowest BCUT2D eigenvalue weighted by Gasteiger charge is -2.12. The summed E-state index contributed by atoms with van der Waals surface area (Å²) in [6.45, 7) is 6.90. The van der Waals surface area contributed by atoms with E-state index in [1.807, 2.05) is 11.5 Å². The molecule has 0 bridgehead atoms. The molecule has 0 atom stereocenters. The predicted octanol–water partition coefficient (Wildman–Crippen LogP) is 2.47. The average molecular weight is 406 g/mol. The lowest BCUT2D eigenvalue weighted by molar-refractivity contribution is -0.116. The molecule has 0 fully saturated rings. The van der Waals surface area contributed by atoms with Crippen LogP contribution in [-0.4, -0.2) is 46.3 Å². The van der Waals surface area contributed by atoms with Gasteiger partial charge < -0.3 is 20.5 Å². The summed E-state index contributed by atoms with van der Waals surface area (Å²) in [5.41, 5.74) is 0.744. The van der Waals surface area contributed by atoms with E-state index in [1.165, 1.54) is 0 Å². The first-order chi connectivity index (χ1) is 13.6. The molecule has 152 valence electrons. The summed E-state index contributed by atoms with van der Waals surface area (Å²) in [5.74, 6) is 1.68. The third-order valence-electron chi connectivity index (χ3n) is 3.96. The number of aromatic nitrogens is 3. The van der Waals surface area contributed by atoms with Crippen molar-refractivity contribution in [2.24, 2.45) is 4.99 Å². The van der Waals surface area contributed by atoms with E-state index >= 15 is 0 Å².